The molecule has 0 aliphatic carbocycles. The van der Waals surface area contributed by atoms with Crippen molar-refractivity contribution < 1.29 is 23.8 Å². The number of hydrogen-bond donors (Lipinski definition) is 1. The van der Waals surface area contributed by atoms with Crippen LogP contribution in [0.4, 0.5) is 0 Å². The third kappa shape index (κ3) is 3.15. The van der Waals surface area contributed by atoms with Gasteiger partial charge in [-0.25, -0.2) is 0 Å². The van der Waals surface area contributed by atoms with Gasteiger partial charge in [0.2, 0.25) is 5.75 Å². The lowest BCUT2D eigenvalue weighted by Crippen LogP contribution is -2.02. The van der Waals surface area contributed by atoms with Crippen molar-refractivity contribution in [3.63, 3.8) is 0 Å². The zero-order valence-electron chi connectivity index (χ0n) is 17.6. The largest absolute Gasteiger partial charge is 0.504 e. The average Bonchev–Trinajstić information content (AvgIpc) is 3.29. The first-order valence-electron chi connectivity index (χ1n) is 10.1. The molecule has 0 fully saturated rings. The van der Waals surface area contributed by atoms with Crippen LogP contribution < -0.4 is 9.47 Å². The summed E-state index contributed by atoms with van der Waals surface area (Å²) in [6.07, 6.45) is 4.60. The van der Waals surface area contributed by atoms with E-state index < -0.39 is 5.78 Å². The van der Waals surface area contributed by atoms with Gasteiger partial charge in [0, 0.05) is 0 Å². The summed E-state index contributed by atoms with van der Waals surface area (Å²) in [6, 6.07) is 20.2. The first-order chi connectivity index (χ1) is 15.6. The minimum atomic E-state index is -0.403. The number of methoxy groups -OCH3 is 2. The van der Waals surface area contributed by atoms with E-state index in [4.69, 9.17) is 13.9 Å². The van der Waals surface area contributed by atoms with Gasteiger partial charge in [0.1, 0.15) is 11.3 Å². The molecule has 0 saturated heterocycles. The van der Waals surface area contributed by atoms with Crippen molar-refractivity contribution in [3.05, 3.63) is 84.1 Å². The van der Waals surface area contributed by atoms with Crippen molar-refractivity contribution in [1.29, 1.82) is 0 Å². The van der Waals surface area contributed by atoms with Crippen molar-refractivity contribution in [2.45, 2.75) is 0 Å². The number of fused-ring (bicyclic) bond motifs is 3. The molecule has 0 radical (unpaired) electrons. The van der Waals surface area contributed by atoms with Crippen LogP contribution in [0.5, 0.6) is 17.2 Å². The monoisotopic (exact) mass is 424 g/mol. The molecule has 0 saturated carbocycles. The number of carbonyl (C=O) groups is 1. The number of allylic oxidation sites excluding steroid dienone is 1. The van der Waals surface area contributed by atoms with Crippen LogP contribution in [0.1, 0.15) is 15.9 Å². The summed E-state index contributed by atoms with van der Waals surface area (Å²) in [6.45, 7) is 0. The number of phenolic OH excluding ortho intramolecular Hbond substituents is 1. The molecule has 1 N–H and O–H groups in total. The molecule has 0 atom stereocenters. The summed E-state index contributed by atoms with van der Waals surface area (Å²) in [5.41, 5.74) is 1.22. The van der Waals surface area contributed by atoms with Crippen molar-refractivity contribution in [3.8, 4) is 17.2 Å². The van der Waals surface area contributed by atoms with Gasteiger partial charge in [-0.05, 0) is 57.4 Å². The molecule has 5 heteroatoms. The molecule has 5 aromatic rings. The molecular weight excluding hydrogens is 404 g/mol. The molecule has 1 heterocycles. The highest BCUT2D eigenvalue weighted by Gasteiger charge is 2.26. The Bertz CT molecular complexity index is 1520. The van der Waals surface area contributed by atoms with Crippen LogP contribution in [0.25, 0.3) is 38.6 Å². The minimum Gasteiger partial charge on any atom is -0.504 e. The standard InChI is InChI=1S/C27H20O5/c1-30-25-21-11-12-32-26(21)27(31-2)24(29)23(25)22(28)10-8-16-7-9-19-14-17-5-3-4-6-18(17)15-20(19)13-16/h3-15,29H,1-2H3. The molecule has 0 aliphatic heterocycles. The minimum absolute atomic E-state index is 0.0290. The van der Waals surface area contributed by atoms with E-state index in [0.717, 1.165) is 21.7 Å². The first-order valence-corrected chi connectivity index (χ1v) is 10.1. The Balaban J connectivity index is 1.55. The fourth-order valence-corrected chi connectivity index (χ4v) is 4.07. The van der Waals surface area contributed by atoms with Crippen LogP contribution in [0.15, 0.2) is 77.4 Å². The predicted molar refractivity (Wildman–Crippen MR) is 126 cm³/mol. The Morgan fingerprint density at radius 1 is 0.875 bits per heavy atom. The normalized spacial score (nSPS) is 11.6. The Kier molecular flexibility index (Phi) is 4.79. The molecular formula is C27H20O5. The number of ketones is 1. The summed E-state index contributed by atoms with van der Waals surface area (Å²) >= 11 is 0. The topological polar surface area (TPSA) is 68.9 Å². The van der Waals surface area contributed by atoms with Crippen LogP contribution in [0, 0.1) is 0 Å². The van der Waals surface area contributed by atoms with Crippen molar-refractivity contribution >= 4 is 44.4 Å². The number of benzene rings is 4. The van der Waals surface area contributed by atoms with E-state index in [1.165, 1.54) is 31.9 Å². The van der Waals surface area contributed by atoms with E-state index >= 15 is 0 Å². The first kappa shape index (κ1) is 19.7. The lowest BCUT2D eigenvalue weighted by Gasteiger charge is -2.13. The summed E-state index contributed by atoms with van der Waals surface area (Å²) < 4.78 is 16.1. The number of hydrogen-bond acceptors (Lipinski definition) is 5. The van der Waals surface area contributed by atoms with Gasteiger partial charge >= 0.3 is 0 Å². The molecule has 0 aliphatic rings. The second-order valence-electron chi connectivity index (χ2n) is 7.46. The summed E-state index contributed by atoms with van der Waals surface area (Å²) in [4.78, 5) is 13.1. The Morgan fingerprint density at radius 2 is 1.56 bits per heavy atom. The highest BCUT2D eigenvalue weighted by molar-refractivity contribution is 6.15. The average molecular weight is 424 g/mol. The number of furan rings is 1. The molecule has 5 rings (SSSR count). The smallest absolute Gasteiger partial charge is 0.205 e. The molecule has 5 nitrogen and oxygen atoms in total. The van der Waals surface area contributed by atoms with E-state index in [0.29, 0.717) is 11.0 Å². The van der Waals surface area contributed by atoms with Gasteiger partial charge in [-0.2, -0.15) is 0 Å². The fraction of sp³-hybridized carbons (Fsp3) is 0.0741. The zero-order chi connectivity index (χ0) is 22.2. The van der Waals surface area contributed by atoms with Crippen molar-refractivity contribution in [1.82, 2.24) is 0 Å². The summed E-state index contributed by atoms with van der Waals surface area (Å²) in [7, 11) is 2.86. The van der Waals surface area contributed by atoms with Crippen LogP contribution in [0.3, 0.4) is 0 Å². The molecule has 158 valence electrons. The van der Waals surface area contributed by atoms with Crippen LogP contribution in [0.2, 0.25) is 0 Å². The third-order valence-electron chi connectivity index (χ3n) is 5.61. The number of rotatable bonds is 5. The molecule has 0 unspecified atom stereocenters. The highest BCUT2D eigenvalue weighted by atomic mass is 16.5. The van der Waals surface area contributed by atoms with Crippen molar-refractivity contribution in [2.75, 3.05) is 14.2 Å². The van der Waals surface area contributed by atoms with E-state index in [9.17, 15) is 9.90 Å². The van der Waals surface area contributed by atoms with Crippen LogP contribution >= 0.6 is 0 Å². The Morgan fingerprint density at radius 3 is 2.28 bits per heavy atom. The third-order valence-corrected chi connectivity index (χ3v) is 5.61. The van der Waals surface area contributed by atoms with E-state index in [-0.39, 0.29) is 22.8 Å². The lowest BCUT2D eigenvalue weighted by atomic mass is 10.0. The maximum Gasteiger partial charge on any atom is 0.205 e. The summed E-state index contributed by atoms with van der Waals surface area (Å²) in [5.74, 6) is -0.377. The van der Waals surface area contributed by atoms with Gasteiger partial charge < -0.3 is 19.0 Å². The van der Waals surface area contributed by atoms with Gasteiger partial charge in [-0.1, -0.05) is 42.5 Å². The Hall–Kier alpha value is -4.25. The number of aromatic hydroxyl groups is 1. The van der Waals surface area contributed by atoms with E-state index in [1.54, 1.807) is 12.1 Å². The van der Waals surface area contributed by atoms with E-state index in [1.807, 2.05) is 30.3 Å². The Labute approximate surface area is 184 Å². The zero-order valence-corrected chi connectivity index (χ0v) is 17.6. The molecule has 32 heavy (non-hydrogen) atoms. The van der Waals surface area contributed by atoms with Gasteiger partial charge in [-0.3, -0.25) is 4.79 Å². The van der Waals surface area contributed by atoms with Crippen molar-refractivity contribution in [2.24, 2.45) is 0 Å². The van der Waals surface area contributed by atoms with Gasteiger partial charge in [-0.15, -0.1) is 0 Å². The molecule has 1 aromatic heterocycles. The van der Waals surface area contributed by atoms with Gasteiger partial charge in [0.15, 0.2) is 17.1 Å². The predicted octanol–water partition coefficient (Wildman–Crippen LogP) is 6.36. The maximum atomic E-state index is 13.1. The van der Waals surface area contributed by atoms with Gasteiger partial charge in [0.25, 0.3) is 0 Å². The summed E-state index contributed by atoms with van der Waals surface area (Å²) in [5, 5.41) is 15.8. The quantitative estimate of drug-likeness (QED) is 0.202. The molecule has 0 bridgehead atoms. The van der Waals surface area contributed by atoms with Crippen LogP contribution in [-0.2, 0) is 0 Å². The number of phenols is 1. The fourth-order valence-electron chi connectivity index (χ4n) is 4.07. The lowest BCUT2D eigenvalue weighted by molar-refractivity contribution is 0.104. The SMILES string of the molecule is COc1c(C(=O)C=Cc2ccc3cc4ccccc4cc3c2)c(O)c(OC)c2occc12. The van der Waals surface area contributed by atoms with Crippen LogP contribution in [-0.4, -0.2) is 25.1 Å². The van der Waals surface area contributed by atoms with Gasteiger partial charge in [0.05, 0.1) is 25.9 Å². The highest BCUT2D eigenvalue weighted by Crippen LogP contribution is 2.45. The van der Waals surface area contributed by atoms with E-state index in [2.05, 4.69) is 24.3 Å². The second kappa shape index (κ2) is 7.78. The second-order valence-corrected chi connectivity index (χ2v) is 7.46. The molecule has 0 spiro atoms. The number of carbonyl (C=O) groups excluding carboxylic acids is 1. The molecule has 4 aromatic carbocycles. The molecule has 0 amide bonds. The number of ether oxygens (including phenoxy) is 2. The maximum absolute atomic E-state index is 13.1.